The highest BCUT2D eigenvalue weighted by atomic mass is 35.5. The van der Waals surface area contributed by atoms with Crippen LogP contribution in [0.5, 0.6) is 0 Å². The molecule has 0 fully saturated rings. The van der Waals surface area contributed by atoms with E-state index in [0.29, 0.717) is 35.9 Å². The van der Waals surface area contributed by atoms with Gasteiger partial charge in [-0.05, 0) is 73.5 Å². The molecule has 3 aromatic carbocycles. The van der Waals surface area contributed by atoms with E-state index in [-0.39, 0.29) is 17.9 Å². The molecule has 36 heavy (non-hydrogen) atoms. The molecule has 1 N–H and O–H groups in total. The van der Waals surface area contributed by atoms with E-state index >= 15 is 0 Å². The highest BCUT2D eigenvalue weighted by Crippen LogP contribution is 2.23. The third kappa shape index (κ3) is 9.20. The molecule has 2 amide bonds. The standard InChI is InChI=1S/C29H32Cl2N2O2S/c1-21(2)32-29(35)27(19-22-7-4-3-5-8-22)33(20-23-10-12-24(30)13-11-23)28(34)9-6-18-36-26-16-14-25(31)15-17-26/h3-5,7-8,10-17,21,27H,6,9,18-20H2,1-2H3,(H,32,35). The number of hydrogen-bond donors (Lipinski definition) is 1. The first-order valence-electron chi connectivity index (χ1n) is 12.1. The minimum Gasteiger partial charge on any atom is -0.352 e. The van der Waals surface area contributed by atoms with E-state index in [1.54, 1.807) is 16.7 Å². The van der Waals surface area contributed by atoms with Gasteiger partial charge in [0.1, 0.15) is 6.04 Å². The van der Waals surface area contributed by atoms with Gasteiger partial charge >= 0.3 is 0 Å². The van der Waals surface area contributed by atoms with Crippen molar-refractivity contribution in [3.63, 3.8) is 0 Å². The number of carbonyl (C=O) groups is 2. The summed E-state index contributed by atoms with van der Waals surface area (Å²) in [6, 6.07) is 24.3. The highest BCUT2D eigenvalue weighted by molar-refractivity contribution is 7.99. The van der Waals surface area contributed by atoms with Gasteiger partial charge < -0.3 is 10.2 Å². The first-order chi connectivity index (χ1) is 17.3. The predicted molar refractivity (Wildman–Crippen MR) is 151 cm³/mol. The average Bonchev–Trinajstić information content (AvgIpc) is 2.86. The van der Waals surface area contributed by atoms with Gasteiger partial charge in [-0.1, -0.05) is 65.7 Å². The lowest BCUT2D eigenvalue weighted by Crippen LogP contribution is -2.51. The Labute approximate surface area is 228 Å². The molecule has 0 aliphatic carbocycles. The molecule has 0 radical (unpaired) electrons. The maximum absolute atomic E-state index is 13.6. The summed E-state index contributed by atoms with van der Waals surface area (Å²) in [4.78, 5) is 29.8. The van der Waals surface area contributed by atoms with Gasteiger partial charge in [0.25, 0.3) is 0 Å². The monoisotopic (exact) mass is 542 g/mol. The quantitative estimate of drug-likeness (QED) is 0.197. The fourth-order valence-corrected chi connectivity index (χ4v) is 4.91. The van der Waals surface area contributed by atoms with E-state index in [0.717, 1.165) is 21.8 Å². The Bertz CT molecular complexity index is 1110. The first kappa shape index (κ1) is 28.1. The van der Waals surface area contributed by atoms with Crippen molar-refractivity contribution < 1.29 is 9.59 Å². The second-order valence-electron chi connectivity index (χ2n) is 8.92. The van der Waals surface area contributed by atoms with Crippen LogP contribution in [-0.4, -0.2) is 34.6 Å². The maximum atomic E-state index is 13.6. The number of thioether (sulfide) groups is 1. The molecule has 0 aliphatic heterocycles. The summed E-state index contributed by atoms with van der Waals surface area (Å²) >= 11 is 13.7. The fourth-order valence-electron chi connectivity index (χ4n) is 3.81. The van der Waals surface area contributed by atoms with Gasteiger partial charge in [0.15, 0.2) is 0 Å². The topological polar surface area (TPSA) is 49.4 Å². The Hall–Kier alpha value is -2.47. The van der Waals surface area contributed by atoms with Crippen LogP contribution in [0.3, 0.4) is 0 Å². The molecular weight excluding hydrogens is 511 g/mol. The summed E-state index contributed by atoms with van der Waals surface area (Å²) in [5, 5.41) is 4.36. The molecule has 3 aromatic rings. The summed E-state index contributed by atoms with van der Waals surface area (Å²) in [5.41, 5.74) is 1.94. The Kier molecular flexibility index (Phi) is 11.2. The van der Waals surface area contributed by atoms with Crippen molar-refractivity contribution in [2.24, 2.45) is 0 Å². The van der Waals surface area contributed by atoms with Crippen molar-refractivity contribution in [2.45, 2.75) is 56.6 Å². The molecule has 1 unspecified atom stereocenters. The summed E-state index contributed by atoms with van der Waals surface area (Å²) in [7, 11) is 0. The zero-order valence-corrected chi connectivity index (χ0v) is 23.0. The second kappa shape index (κ2) is 14.3. The lowest BCUT2D eigenvalue weighted by atomic mass is 10.0. The average molecular weight is 544 g/mol. The van der Waals surface area contributed by atoms with Crippen LogP contribution in [0, 0.1) is 0 Å². The van der Waals surface area contributed by atoms with Crippen LogP contribution in [0.2, 0.25) is 10.0 Å². The summed E-state index contributed by atoms with van der Waals surface area (Å²) in [6.07, 6.45) is 1.50. The van der Waals surface area contributed by atoms with E-state index in [2.05, 4.69) is 5.32 Å². The summed E-state index contributed by atoms with van der Waals surface area (Å²) < 4.78 is 0. The van der Waals surface area contributed by atoms with E-state index in [1.807, 2.05) is 92.7 Å². The Morgan fingerprint density at radius 2 is 1.47 bits per heavy atom. The van der Waals surface area contributed by atoms with Crippen molar-refractivity contribution in [2.75, 3.05) is 5.75 Å². The molecule has 190 valence electrons. The van der Waals surface area contributed by atoms with Crippen LogP contribution in [-0.2, 0) is 22.6 Å². The molecule has 0 aliphatic rings. The number of rotatable bonds is 12. The van der Waals surface area contributed by atoms with Crippen molar-refractivity contribution in [3.8, 4) is 0 Å². The van der Waals surface area contributed by atoms with Gasteiger partial charge in [-0.2, -0.15) is 0 Å². The lowest BCUT2D eigenvalue weighted by molar-refractivity contribution is -0.141. The minimum absolute atomic E-state index is 0.0287. The second-order valence-corrected chi connectivity index (χ2v) is 11.0. The Morgan fingerprint density at radius 1 is 0.861 bits per heavy atom. The zero-order valence-electron chi connectivity index (χ0n) is 20.6. The summed E-state index contributed by atoms with van der Waals surface area (Å²) in [6.45, 7) is 4.19. The Balaban J connectivity index is 1.77. The molecule has 0 spiro atoms. The lowest BCUT2D eigenvalue weighted by Gasteiger charge is -2.32. The van der Waals surface area contributed by atoms with Crippen LogP contribution >= 0.6 is 35.0 Å². The van der Waals surface area contributed by atoms with Gasteiger partial charge in [0, 0.05) is 40.4 Å². The smallest absolute Gasteiger partial charge is 0.243 e. The van der Waals surface area contributed by atoms with Gasteiger partial charge in [-0.3, -0.25) is 9.59 Å². The van der Waals surface area contributed by atoms with Crippen molar-refractivity contribution >= 4 is 46.8 Å². The number of nitrogens with zero attached hydrogens (tertiary/aromatic N) is 1. The van der Waals surface area contributed by atoms with E-state index < -0.39 is 6.04 Å². The van der Waals surface area contributed by atoms with Crippen LogP contribution in [0.25, 0.3) is 0 Å². The number of amides is 2. The van der Waals surface area contributed by atoms with E-state index in [1.165, 1.54) is 0 Å². The largest absolute Gasteiger partial charge is 0.352 e. The number of hydrogen-bond acceptors (Lipinski definition) is 3. The molecule has 7 heteroatoms. The van der Waals surface area contributed by atoms with Crippen molar-refractivity contribution in [1.82, 2.24) is 10.2 Å². The van der Waals surface area contributed by atoms with Crippen LogP contribution in [0.1, 0.15) is 37.8 Å². The maximum Gasteiger partial charge on any atom is 0.243 e. The number of benzene rings is 3. The normalized spacial score (nSPS) is 11.8. The number of nitrogens with one attached hydrogen (secondary N) is 1. The number of carbonyl (C=O) groups excluding carboxylic acids is 2. The molecule has 0 saturated carbocycles. The van der Waals surface area contributed by atoms with Crippen LogP contribution in [0.4, 0.5) is 0 Å². The molecule has 1 atom stereocenters. The fraction of sp³-hybridized carbons (Fsp3) is 0.310. The van der Waals surface area contributed by atoms with Gasteiger partial charge in [0.05, 0.1) is 0 Å². The zero-order chi connectivity index (χ0) is 25.9. The highest BCUT2D eigenvalue weighted by Gasteiger charge is 2.30. The third-order valence-corrected chi connectivity index (χ3v) is 7.19. The minimum atomic E-state index is -0.623. The van der Waals surface area contributed by atoms with E-state index in [9.17, 15) is 9.59 Å². The molecule has 0 heterocycles. The first-order valence-corrected chi connectivity index (χ1v) is 13.8. The van der Waals surface area contributed by atoms with Gasteiger partial charge in [-0.25, -0.2) is 0 Å². The van der Waals surface area contributed by atoms with E-state index in [4.69, 9.17) is 23.2 Å². The molecule has 4 nitrogen and oxygen atoms in total. The van der Waals surface area contributed by atoms with Gasteiger partial charge in [-0.15, -0.1) is 11.8 Å². The number of halogens is 2. The van der Waals surface area contributed by atoms with Crippen molar-refractivity contribution in [3.05, 3.63) is 100 Å². The predicted octanol–water partition coefficient (Wildman–Crippen LogP) is 7.03. The van der Waals surface area contributed by atoms with Gasteiger partial charge in [0.2, 0.25) is 11.8 Å². The van der Waals surface area contributed by atoms with Crippen LogP contribution in [0.15, 0.2) is 83.8 Å². The molecular formula is C29H32Cl2N2O2S. The van der Waals surface area contributed by atoms with Crippen molar-refractivity contribution in [1.29, 1.82) is 0 Å². The Morgan fingerprint density at radius 3 is 2.08 bits per heavy atom. The SMILES string of the molecule is CC(C)NC(=O)C(Cc1ccccc1)N(Cc1ccc(Cl)cc1)C(=O)CCCSc1ccc(Cl)cc1. The third-order valence-electron chi connectivity index (χ3n) is 5.59. The van der Waals surface area contributed by atoms with Crippen LogP contribution < -0.4 is 5.32 Å². The molecule has 0 aromatic heterocycles. The molecule has 0 saturated heterocycles. The molecule has 3 rings (SSSR count). The summed E-state index contributed by atoms with van der Waals surface area (Å²) in [5.74, 6) is 0.608. The molecule has 0 bridgehead atoms.